The van der Waals surface area contributed by atoms with Crippen LogP contribution in [0.15, 0.2) is 52.4 Å². The molecule has 0 spiro atoms. The van der Waals surface area contributed by atoms with E-state index in [-0.39, 0.29) is 46.0 Å². The lowest BCUT2D eigenvalue weighted by Gasteiger charge is -2.50. The number of thiazole rings is 1. The number of carboxylic acids is 1. The zero-order chi connectivity index (χ0) is 27.1. The summed E-state index contributed by atoms with van der Waals surface area (Å²) in [5.74, 6) is -3.10. The van der Waals surface area contributed by atoms with E-state index in [1.807, 2.05) is 0 Å². The predicted molar refractivity (Wildman–Crippen MR) is 135 cm³/mol. The third kappa shape index (κ3) is 4.45. The standard InChI is InChI=1S/C23H20N6O7S2/c1-36-27-16(13-9-38-23(24)25-13)19(32)26-17-20(33)29-18(22(34)35)12(8-37-21(17)29)7-28-3-2-10-4-14(30)15(31)5-11(10)6-28/h2-6,9,17,21H,7-8H2,1H3,(H5,24,25,26,31,32,34,35)/t17?,21-/m1/s1. The lowest BCUT2D eigenvalue weighted by atomic mass is 10.0. The first-order chi connectivity index (χ1) is 18.2. The summed E-state index contributed by atoms with van der Waals surface area (Å²) in [5.41, 5.74) is 5.84. The Labute approximate surface area is 222 Å². The molecule has 4 heterocycles. The van der Waals surface area contributed by atoms with Crippen molar-refractivity contribution in [2.45, 2.75) is 18.0 Å². The number of nitrogens with zero attached hydrogens (tertiary/aromatic N) is 4. The molecule has 1 unspecified atom stereocenters. The molecule has 1 aromatic carbocycles. The molecule has 0 aliphatic carbocycles. The van der Waals surface area contributed by atoms with E-state index < -0.39 is 29.2 Å². The number of pyridine rings is 1. The number of aromatic hydroxyl groups is 2. The molecule has 5 N–H and O–H groups in total. The highest BCUT2D eigenvalue weighted by Crippen LogP contribution is 2.40. The Kier molecular flexibility index (Phi) is 6.54. The maximum atomic E-state index is 13.0. The number of aliphatic carboxylic acids is 1. The van der Waals surface area contributed by atoms with E-state index in [0.717, 1.165) is 16.2 Å². The van der Waals surface area contributed by atoms with Gasteiger partial charge in [-0.1, -0.05) is 5.16 Å². The molecule has 3 aromatic rings. The first kappa shape index (κ1) is 25.3. The van der Waals surface area contributed by atoms with Gasteiger partial charge < -0.3 is 36.0 Å². The summed E-state index contributed by atoms with van der Waals surface area (Å²) < 4.78 is 1.70. The van der Waals surface area contributed by atoms with Gasteiger partial charge in [-0.25, -0.2) is 9.55 Å². The number of benzene rings is 1. The number of rotatable bonds is 7. The van der Waals surface area contributed by atoms with Crippen LogP contribution in [0.1, 0.15) is 5.69 Å². The number of carboxylic acid groups (broad SMARTS) is 1. The van der Waals surface area contributed by atoms with Crippen LogP contribution in [0.3, 0.4) is 0 Å². The third-order valence-corrected chi connectivity index (χ3v) is 8.01. The molecule has 38 heavy (non-hydrogen) atoms. The normalized spacial score (nSPS) is 19.2. The van der Waals surface area contributed by atoms with Gasteiger partial charge in [0.2, 0.25) is 0 Å². The number of aromatic nitrogens is 2. The number of nitrogens with two attached hydrogens (primary N) is 1. The quantitative estimate of drug-likeness (QED) is 0.0925. The molecule has 15 heteroatoms. The Hall–Kier alpha value is -4.37. The second-order valence-corrected chi connectivity index (χ2v) is 10.4. The van der Waals surface area contributed by atoms with Gasteiger partial charge in [-0.15, -0.1) is 23.1 Å². The Morgan fingerprint density at radius 2 is 2.08 bits per heavy atom. The molecule has 2 atom stereocenters. The van der Waals surface area contributed by atoms with Crippen molar-refractivity contribution in [2.75, 3.05) is 18.6 Å². The van der Waals surface area contributed by atoms with E-state index in [4.69, 9.17) is 10.6 Å². The number of hydrogen-bond acceptors (Lipinski definition) is 12. The first-order valence-corrected chi connectivity index (χ1v) is 13.0. The van der Waals surface area contributed by atoms with E-state index >= 15 is 0 Å². The molecule has 13 nitrogen and oxygen atoms in total. The number of anilines is 1. The largest absolute Gasteiger partial charge is 0.543 e. The minimum Gasteiger partial charge on any atom is -0.543 e. The smallest absolute Gasteiger partial charge is 0.276 e. The highest BCUT2D eigenvalue weighted by molar-refractivity contribution is 8.00. The molecule has 1 fully saturated rings. The summed E-state index contributed by atoms with van der Waals surface area (Å²) in [5, 5.41) is 40.3. The van der Waals surface area contributed by atoms with E-state index in [0.29, 0.717) is 16.3 Å². The first-order valence-electron chi connectivity index (χ1n) is 11.0. The number of amides is 2. The number of fused-ring (bicyclic) bond motifs is 2. The molecule has 0 saturated carbocycles. The lowest BCUT2D eigenvalue weighted by Crippen LogP contribution is -2.71. The number of nitrogens with one attached hydrogen (secondary N) is 1. The zero-order valence-corrected chi connectivity index (χ0v) is 21.3. The van der Waals surface area contributed by atoms with Crippen molar-refractivity contribution in [3.05, 3.63) is 52.9 Å². The number of oxime groups is 1. The van der Waals surface area contributed by atoms with Gasteiger partial charge in [0.1, 0.15) is 24.2 Å². The number of phenols is 2. The summed E-state index contributed by atoms with van der Waals surface area (Å²) in [7, 11) is 1.26. The van der Waals surface area contributed by atoms with Crippen molar-refractivity contribution < 1.29 is 39.1 Å². The van der Waals surface area contributed by atoms with Crippen molar-refractivity contribution in [1.82, 2.24) is 15.2 Å². The topological polar surface area (TPSA) is 194 Å². The number of β-lactam (4-membered cyclic amide) rings is 1. The molecule has 2 aliphatic rings. The highest BCUT2D eigenvalue weighted by atomic mass is 32.2. The molecule has 2 amide bonds. The fourth-order valence-corrected chi connectivity index (χ4v) is 6.16. The second kappa shape index (κ2) is 9.83. The van der Waals surface area contributed by atoms with Gasteiger partial charge in [-0.05, 0) is 17.5 Å². The predicted octanol–water partition coefficient (Wildman–Crippen LogP) is -0.968. The summed E-state index contributed by atoms with van der Waals surface area (Å²) in [4.78, 5) is 47.9. The van der Waals surface area contributed by atoms with Crippen molar-refractivity contribution >= 4 is 62.5 Å². The molecule has 0 bridgehead atoms. The molecule has 5 rings (SSSR count). The number of nitrogen functional groups attached to an aromatic ring is 1. The molecule has 2 aliphatic heterocycles. The van der Waals surface area contributed by atoms with Crippen LogP contribution in [-0.4, -0.2) is 67.9 Å². The highest BCUT2D eigenvalue weighted by Gasteiger charge is 2.53. The molecule has 196 valence electrons. The number of phenolic OH excluding ortho intramolecular Hbond substituents is 2. The van der Waals surface area contributed by atoms with Gasteiger partial charge in [0, 0.05) is 28.2 Å². The maximum Gasteiger partial charge on any atom is 0.276 e. The molecular weight excluding hydrogens is 536 g/mol. The van der Waals surface area contributed by atoms with Crippen molar-refractivity contribution in [2.24, 2.45) is 5.16 Å². The third-order valence-electron chi connectivity index (χ3n) is 5.99. The van der Waals surface area contributed by atoms with Gasteiger partial charge in [-0.2, -0.15) is 0 Å². The Balaban J connectivity index is 1.37. The molecular formula is C23H20N6O7S2. The van der Waals surface area contributed by atoms with Crippen molar-refractivity contribution in [3.8, 4) is 11.5 Å². The number of thioether (sulfide) groups is 1. The van der Waals surface area contributed by atoms with Crippen molar-refractivity contribution in [3.63, 3.8) is 0 Å². The van der Waals surface area contributed by atoms with Crippen LogP contribution >= 0.6 is 23.1 Å². The SMILES string of the molecule is CON=C(C(=O)NC1C(=O)N2C(C(=O)[O-])=C(C[n+]3ccc4cc(O)c(O)cc4c3)CS[C@H]12)c1csc(N)n1. The number of hydrogen-bond donors (Lipinski definition) is 4. The van der Waals surface area contributed by atoms with Gasteiger partial charge >= 0.3 is 0 Å². The van der Waals surface area contributed by atoms with Crippen LogP contribution in [0.5, 0.6) is 11.5 Å². The average Bonchev–Trinajstić information content (AvgIpc) is 3.31. The molecule has 1 saturated heterocycles. The van der Waals surface area contributed by atoms with Crippen LogP contribution in [-0.2, 0) is 25.8 Å². The van der Waals surface area contributed by atoms with E-state index in [1.54, 1.807) is 23.0 Å². The number of carbonyl (C=O) groups is 3. The van der Waals surface area contributed by atoms with E-state index in [2.05, 4.69) is 15.5 Å². The van der Waals surface area contributed by atoms with Crippen LogP contribution in [0, 0.1) is 0 Å². The second-order valence-electron chi connectivity index (χ2n) is 8.38. The van der Waals surface area contributed by atoms with Crippen LogP contribution in [0.2, 0.25) is 0 Å². The van der Waals surface area contributed by atoms with Crippen molar-refractivity contribution in [1.29, 1.82) is 0 Å². The van der Waals surface area contributed by atoms with Gasteiger partial charge in [0.15, 0.2) is 41.3 Å². The fraction of sp³-hybridized carbons (Fsp3) is 0.217. The summed E-state index contributed by atoms with van der Waals surface area (Å²) in [6.45, 7) is 0.136. The van der Waals surface area contributed by atoms with E-state index in [9.17, 15) is 29.7 Å². The van der Waals surface area contributed by atoms with E-state index in [1.165, 1.54) is 36.4 Å². The summed E-state index contributed by atoms with van der Waals surface area (Å²) in [6.07, 6.45) is 3.38. The lowest BCUT2D eigenvalue weighted by molar-refractivity contribution is -0.687. The molecule has 0 radical (unpaired) electrons. The minimum atomic E-state index is -1.51. The minimum absolute atomic E-state index is 0.136. The summed E-state index contributed by atoms with van der Waals surface area (Å²) in [6, 6.07) is 3.53. The fourth-order valence-electron chi connectivity index (χ4n) is 4.28. The Morgan fingerprint density at radius 3 is 2.74 bits per heavy atom. The van der Waals surface area contributed by atoms with Crippen LogP contribution in [0.4, 0.5) is 5.13 Å². The monoisotopic (exact) mass is 556 g/mol. The number of carbonyl (C=O) groups excluding carboxylic acids is 3. The zero-order valence-electron chi connectivity index (χ0n) is 19.7. The maximum absolute atomic E-state index is 13.0. The Morgan fingerprint density at radius 1 is 1.34 bits per heavy atom. The van der Waals surface area contributed by atoms with Crippen LogP contribution < -0.4 is 20.7 Å². The van der Waals surface area contributed by atoms with Gasteiger partial charge in [0.25, 0.3) is 11.8 Å². The molecule has 2 aromatic heterocycles. The average molecular weight is 557 g/mol. The van der Waals surface area contributed by atoms with Gasteiger partial charge in [0.05, 0.1) is 11.7 Å². The van der Waals surface area contributed by atoms with Gasteiger partial charge in [-0.3, -0.25) is 14.5 Å². The van der Waals surface area contributed by atoms with Crippen LogP contribution in [0.25, 0.3) is 10.8 Å². The summed E-state index contributed by atoms with van der Waals surface area (Å²) >= 11 is 2.41. The Bertz CT molecular complexity index is 1550.